The number of likely N-dealkylation sites (N-methyl/N-ethyl adjacent to an activating group) is 1. The molecule has 2 aromatic rings. The Balaban J connectivity index is 2.22. The molecule has 0 spiro atoms. The van der Waals surface area contributed by atoms with Gasteiger partial charge in [0.1, 0.15) is 0 Å². The maximum absolute atomic E-state index is 6.20. The number of benzene rings is 1. The summed E-state index contributed by atoms with van der Waals surface area (Å²) in [5.41, 5.74) is 2.29. The molecule has 0 radical (unpaired) electrons. The molecule has 1 N–H and O–H groups in total. The highest BCUT2D eigenvalue weighted by molar-refractivity contribution is 7.16. The average Bonchev–Trinajstić information content (AvgIpc) is 2.68. The van der Waals surface area contributed by atoms with Crippen LogP contribution in [-0.2, 0) is 6.42 Å². The van der Waals surface area contributed by atoms with Crippen LogP contribution >= 0.6 is 34.5 Å². The van der Waals surface area contributed by atoms with Crippen molar-refractivity contribution in [2.24, 2.45) is 0 Å². The summed E-state index contributed by atoms with van der Waals surface area (Å²) in [5.74, 6) is 0. The Hall–Kier alpha value is -0.540. The van der Waals surface area contributed by atoms with Gasteiger partial charge in [-0.25, -0.2) is 0 Å². The zero-order chi connectivity index (χ0) is 13.1. The third-order valence-electron chi connectivity index (χ3n) is 2.95. The topological polar surface area (TPSA) is 12.0 Å². The number of halogens is 2. The van der Waals surface area contributed by atoms with E-state index in [0.29, 0.717) is 0 Å². The minimum atomic E-state index is 0.251. The molecule has 18 heavy (non-hydrogen) atoms. The fourth-order valence-corrected chi connectivity index (χ4v) is 3.42. The molecule has 96 valence electrons. The molecule has 1 nitrogen and oxygen atoms in total. The molecule has 0 aliphatic carbocycles. The number of hydrogen-bond donors (Lipinski definition) is 1. The van der Waals surface area contributed by atoms with Crippen molar-refractivity contribution in [3.8, 4) is 0 Å². The van der Waals surface area contributed by atoms with E-state index < -0.39 is 0 Å². The predicted octanol–water partition coefficient (Wildman–Crippen LogP) is 4.87. The van der Waals surface area contributed by atoms with Gasteiger partial charge in [0, 0.05) is 15.9 Å². The van der Waals surface area contributed by atoms with Crippen molar-refractivity contribution in [3.05, 3.63) is 55.7 Å². The molecule has 1 atom stereocenters. The summed E-state index contributed by atoms with van der Waals surface area (Å²) in [4.78, 5) is 1.25. The summed E-state index contributed by atoms with van der Waals surface area (Å²) in [6.45, 7) is 2.03. The first-order valence-corrected chi connectivity index (χ1v) is 7.35. The Labute approximate surface area is 122 Å². The van der Waals surface area contributed by atoms with Crippen LogP contribution in [0.4, 0.5) is 0 Å². The van der Waals surface area contributed by atoms with Gasteiger partial charge in [-0.15, -0.1) is 11.3 Å². The summed E-state index contributed by atoms with van der Waals surface area (Å²) in [7, 11) is 1.96. The molecule has 2 rings (SSSR count). The van der Waals surface area contributed by atoms with Crippen LogP contribution in [0.15, 0.2) is 30.3 Å². The maximum Gasteiger partial charge on any atom is 0.0960 e. The molecule has 0 fully saturated rings. The highest BCUT2D eigenvalue weighted by Crippen LogP contribution is 2.33. The Kier molecular flexibility index (Phi) is 4.68. The van der Waals surface area contributed by atoms with E-state index in [1.165, 1.54) is 4.88 Å². The van der Waals surface area contributed by atoms with Crippen molar-refractivity contribution in [2.75, 3.05) is 7.05 Å². The molecule has 1 heterocycles. The van der Waals surface area contributed by atoms with E-state index in [9.17, 15) is 0 Å². The van der Waals surface area contributed by atoms with Gasteiger partial charge in [0.25, 0.3) is 0 Å². The van der Waals surface area contributed by atoms with Crippen LogP contribution in [-0.4, -0.2) is 7.05 Å². The first-order valence-electron chi connectivity index (χ1n) is 5.78. The van der Waals surface area contributed by atoms with Crippen molar-refractivity contribution in [2.45, 2.75) is 19.4 Å². The van der Waals surface area contributed by atoms with E-state index in [4.69, 9.17) is 23.2 Å². The van der Waals surface area contributed by atoms with Gasteiger partial charge in [0.05, 0.1) is 4.34 Å². The quantitative estimate of drug-likeness (QED) is 0.849. The Morgan fingerprint density at radius 3 is 2.56 bits per heavy atom. The van der Waals surface area contributed by atoms with Gasteiger partial charge in [0.15, 0.2) is 0 Å². The van der Waals surface area contributed by atoms with Crippen LogP contribution in [0.3, 0.4) is 0 Å². The molecular formula is C14H15Cl2NS. The lowest BCUT2D eigenvalue weighted by Crippen LogP contribution is -2.17. The number of nitrogens with one attached hydrogen (secondary N) is 1. The third-order valence-corrected chi connectivity index (χ3v) is 4.99. The summed E-state index contributed by atoms with van der Waals surface area (Å²) in [5, 5.41) is 4.14. The molecule has 4 heteroatoms. The molecular weight excluding hydrogens is 285 g/mol. The SMILES string of the molecule is CNC(Cc1ccccc1Cl)c1cc(C)c(Cl)s1. The molecule has 1 unspecified atom stereocenters. The van der Waals surface area contributed by atoms with Gasteiger partial charge < -0.3 is 5.32 Å². The van der Waals surface area contributed by atoms with Crippen molar-refractivity contribution in [1.29, 1.82) is 0 Å². The number of aryl methyl sites for hydroxylation is 1. The summed E-state index contributed by atoms with van der Waals surface area (Å²) in [6.07, 6.45) is 0.868. The molecule has 0 saturated carbocycles. The Morgan fingerprint density at radius 1 is 1.28 bits per heavy atom. The van der Waals surface area contributed by atoms with Crippen LogP contribution in [0.25, 0.3) is 0 Å². The van der Waals surface area contributed by atoms with Crippen molar-refractivity contribution < 1.29 is 0 Å². The molecule has 1 aromatic heterocycles. The predicted molar refractivity (Wildman–Crippen MR) is 81.0 cm³/mol. The summed E-state index contributed by atoms with van der Waals surface area (Å²) < 4.78 is 0.865. The van der Waals surface area contributed by atoms with Crippen LogP contribution in [0, 0.1) is 6.92 Å². The highest BCUT2D eigenvalue weighted by Gasteiger charge is 2.15. The lowest BCUT2D eigenvalue weighted by molar-refractivity contribution is 0.602. The first-order chi connectivity index (χ1) is 8.61. The van der Waals surface area contributed by atoms with Crippen LogP contribution in [0.1, 0.15) is 22.0 Å². The maximum atomic E-state index is 6.20. The standard InChI is InChI=1S/C14H15Cl2NS/c1-9-7-13(18-14(9)16)12(17-2)8-10-5-3-4-6-11(10)15/h3-7,12,17H,8H2,1-2H3. The average molecular weight is 300 g/mol. The van der Waals surface area contributed by atoms with E-state index in [2.05, 4.69) is 17.4 Å². The Morgan fingerprint density at radius 2 is 2.00 bits per heavy atom. The van der Waals surface area contributed by atoms with Gasteiger partial charge in [-0.2, -0.15) is 0 Å². The summed E-state index contributed by atoms with van der Waals surface area (Å²) in [6, 6.07) is 10.4. The van der Waals surface area contributed by atoms with Crippen LogP contribution in [0.2, 0.25) is 9.36 Å². The fraction of sp³-hybridized carbons (Fsp3) is 0.286. The van der Waals surface area contributed by atoms with E-state index in [1.807, 2.05) is 32.2 Å². The summed E-state index contributed by atoms with van der Waals surface area (Å²) >= 11 is 14.0. The minimum Gasteiger partial charge on any atom is -0.312 e. The molecule has 0 aliphatic rings. The number of thiophene rings is 1. The molecule has 0 amide bonds. The van der Waals surface area contributed by atoms with Crippen LogP contribution < -0.4 is 5.32 Å². The largest absolute Gasteiger partial charge is 0.312 e. The van der Waals surface area contributed by atoms with E-state index in [-0.39, 0.29) is 6.04 Å². The van der Waals surface area contributed by atoms with E-state index in [0.717, 1.165) is 26.9 Å². The molecule has 0 bridgehead atoms. The van der Waals surface area contributed by atoms with Gasteiger partial charge in [-0.05, 0) is 43.7 Å². The zero-order valence-corrected chi connectivity index (χ0v) is 12.7. The van der Waals surface area contributed by atoms with Crippen molar-refractivity contribution in [3.63, 3.8) is 0 Å². The lowest BCUT2D eigenvalue weighted by Gasteiger charge is -2.15. The van der Waals surface area contributed by atoms with Gasteiger partial charge in [-0.1, -0.05) is 41.4 Å². The van der Waals surface area contributed by atoms with Crippen molar-refractivity contribution in [1.82, 2.24) is 5.32 Å². The first kappa shape index (κ1) is 13.9. The van der Waals surface area contributed by atoms with Crippen LogP contribution in [0.5, 0.6) is 0 Å². The van der Waals surface area contributed by atoms with E-state index in [1.54, 1.807) is 11.3 Å². The normalized spacial score (nSPS) is 12.7. The second-order valence-corrected chi connectivity index (χ2v) is 6.34. The number of hydrogen-bond acceptors (Lipinski definition) is 2. The zero-order valence-electron chi connectivity index (χ0n) is 10.3. The Bertz CT molecular complexity index is 517. The minimum absolute atomic E-state index is 0.251. The monoisotopic (exact) mass is 299 g/mol. The van der Waals surface area contributed by atoms with E-state index >= 15 is 0 Å². The third kappa shape index (κ3) is 3.07. The molecule has 1 aromatic carbocycles. The number of rotatable bonds is 4. The molecule has 0 saturated heterocycles. The fourth-order valence-electron chi connectivity index (χ4n) is 1.88. The highest BCUT2D eigenvalue weighted by atomic mass is 35.5. The second kappa shape index (κ2) is 6.07. The van der Waals surface area contributed by atoms with Gasteiger partial charge in [0.2, 0.25) is 0 Å². The molecule has 0 aliphatic heterocycles. The lowest BCUT2D eigenvalue weighted by atomic mass is 10.0. The second-order valence-electron chi connectivity index (χ2n) is 4.24. The van der Waals surface area contributed by atoms with Gasteiger partial charge in [-0.3, -0.25) is 0 Å². The van der Waals surface area contributed by atoms with Gasteiger partial charge >= 0.3 is 0 Å². The smallest absolute Gasteiger partial charge is 0.0960 e. The van der Waals surface area contributed by atoms with Crippen molar-refractivity contribution >= 4 is 34.5 Å².